The van der Waals surface area contributed by atoms with Crippen molar-refractivity contribution in [3.05, 3.63) is 29.8 Å². The Morgan fingerprint density at radius 1 is 1.21 bits per heavy atom. The molecule has 0 spiro atoms. The Bertz CT molecular complexity index is 574. The minimum absolute atomic E-state index is 0.0400. The number of esters is 1. The summed E-state index contributed by atoms with van der Waals surface area (Å²) in [6, 6.07) is 5.16. The Hall–Kier alpha value is -2.09. The highest BCUT2D eigenvalue weighted by Gasteiger charge is 2.23. The van der Waals surface area contributed by atoms with Gasteiger partial charge < -0.3 is 14.0 Å². The third-order valence-corrected chi connectivity index (χ3v) is 2.43. The minimum Gasteiger partial charge on any atom is -0.478 e. The summed E-state index contributed by atoms with van der Waals surface area (Å²) in [7, 11) is -3.65. The standard InChI is InChI=1S/C11H12O7S/c1-7(12)17-10(11(13)14)8-3-5-9(6-4-8)18-19(2,15)16/h3-6,10H,1-2H3,(H,13,14). The van der Waals surface area contributed by atoms with E-state index in [1.807, 2.05) is 0 Å². The van der Waals surface area contributed by atoms with Gasteiger partial charge in [-0.25, -0.2) is 4.79 Å². The molecule has 1 rings (SSSR count). The van der Waals surface area contributed by atoms with Crippen LogP contribution in [-0.2, 0) is 24.4 Å². The second-order valence-corrected chi connectivity index (χ2v) is 5.26. The number of carbonyl (C=O) groups is 2. The van der Waals surface area contributed by atoms with Crippen LogP contribution in [0.5, 0.6) is 5.75 Å². The highest BCUT2D eigenvalue weighted by Crippen LogP contribution is 2.22. The molecule has 1 unspecified atom stereocenters. The van der Waals surface area contributed by atoms with Crippen molar-refractivity contribution in [2.75, 3.05) is 6.26 Å². The summed E-state index contributed by atoms with van der Waals surface area (Å²) in [5.41, 5.74) is 0.198. The smallest absolute Gasteiger partial charge is 0.349 e. The first kappa shape index (κ1) is 15.0. The van der Waals surface area contributed by atoms with Crippen LogP contribution in [0.3, 0.4) is 0 Å². The van der Waals surface area contributed by atoms with E-state index in [2.05, 4.69) is 8.92 Å². The number of carboxylic acid groups (broad SMARTS) is 1. The molecule has 0 aromatic heterocycles. The van der Waals surface area contributed by atoms with Crippen LogP contribution in [0.4, 0.5) is 0 Å². The van der Waals surface area contributed by atoms with E-state index in [1.165, 1.54) is 24.3 Å². The SMILES string of the molecule is CC(=O)OC(C(=O)O)c1ccc(OS(C)(=O)=O)cc1. The lowest BCUT2D eigenvalue weighted by Crippen LogP contribution is -2.17. The monoisotopic (exact) mass is 288 g/mol. The van der Waals surface area contributed by atoms with E-state index in [4.69, 9.17) is 5.11 Å². The van der Waals surface area contributed by atoms with E-state index in [0.717, 1.165) is 13.2 Å². The highest BCUT2D eigenvalue weighted by atomic mass is 32.2. The van der Waals surface area contributed by atoms with Gasteiger partial charge in [0.15, 0.2) is 0 Å². The van der Waals surface area contributed by atoms with Gasteiger partial charge in [-0.05, 0) is 12.1 Å². The molecule has 8 heteroatoms. The molecule has 19 heavy (non-hydrogen) atoms. The molecule has 1 atom stereocenters. The van der Waals surface area contributed by atoms with Crippen LogP contribution < -0.4 is 4.18 Å². The predicted molar refractivity (Wildman–Crippen MR) is 64.1 cm³/mol. The molecule has 0 radical (unpaired) electrons. The summed E-state index contributed by atoms with van der Waals surface area (Å²) in [5, 5.41) is 8.93. The van der Waals surface area contributed by atoms with Crippen molar-refractivity contribution in [3.8, 4) is 5.75 Å². The maximum absolute atomic E-state index is 10.9. The van der Waals surface area contributed by atoms with Gasteiger partial charge in [0.25, 0.3) is 0 Å². The summed E-state index contributed by atoms with van der Waals surface area (Å²) in [4.78, 5) is 21.7. The molecule has 1 aromatic rings. The average Bonchev–Trinajstić information content (AvgIpc) is 2.24. The van der Waals surface area contributed by atoms with Crippen molar-refractivity contribution in [2.24, 2.45) is 0 Å². The van der Waals surface area contributed by atoms with Gasteiger partial charge in [-0.1, -0.05) is 12.1 Å². The fraction of sp³-hybridized carbons (Fsp3) is 0.273. The van der Waals surface area contributed by atoms with Crippen molar-refractivity contribution in [3.63, 3.8) is 0 Å². The average molecular weight is 288 g/mol. The van der Waals surface area contributed by atoms with Gasteiger partial charge in [-0.15, -0.1) is 0 Å². The predicted octanol–water partition coefficient (Wildman–Crippen LogP) is 0.714. The Labute approximate surface area is 109 Å². The molecule has 1 aromatic carbocycles. The summed E-state index contributed by atoms with van der Waals surface area (Å²) < 4.78 is 31.0. The van der Waals surface area contributed by atoms with E-state index in [9.17, 15) is 18.0 Å². The molecular formula is C11H12O7S. The fourth-order valence-corrected chi connectivity index (χ4v) is 1.76. The minimum atomic E-state index is -3.65. The Balaban J connectivity index is 2.95. The molecule has 0 bridgehead atoms. The topological polar surface area (TPSA) is 107 Å². The maximum Gasteiger partial charge on any atom is 0.349 e. The van der Waals surface area contributed by atoms with Gasteiger partial charge in [-0.2, -0.15) is 8.42 Å². The first-order chi connectivity index (χ1) is 8.69. The molecule has 0 saturated heterocycles. The van der Waals surface area contributed by atoms with Gasteiger partial charge in [0.05, 0.1) is 6.26 Å². The molecule has 0 saturated carbocycles. The summed E-state index contributed by atoms with van der Waals surface area (Å²) in [6.07, 6.45) is -0.551. The third kappa shape index (κ3) is 4.96. The molecule has 0 aliphatic heterocycles. The molecule has 0 fully saturated rings. The van der Waals surface area contributed by atoms with E-state index < -0.39 is 28.2 Å². The zero-order valence-electron chi connectivity index (χ0n) is 10.2. The van der Waals surface area contributed by atoms with Crippen LogP contribution in [0.15, 0.2) is 24.3 Å². The lowest BCUT2D eigenvalue weighted by atomic mass is 10.1. The van der Waals surface area contributed by atoms with Crippen molar-refractivity contribution in [1.82, 2.24) is 0 Å². The molecule has 7 nitrogen and oxygen atoms in total. The number of rotatable bonds is 5. The normalized spacial score (nSPS) is 12.5. The summed E-state index contributed by atoms with van der Waals surface area (Å²) in [5.74, 6) is -2.02. The third-order valence-electron chi connectivity index (χ3n) is 1.94. The first-order valence-electron chi connectivity index (χ1n) is 5.08. The second kappa shape index (κ2) is 5.70. The maximum atomic E-state index is 10.9. The number of aliphatic carboxylic acids is 1. The van der Waals surface area contributed by atoms with E-state index in [1.54, 1.807) is 0 Å². The summed E-state index contributed by atoms with van der Waals surface area (Å²) >= 11 is 0. The van der Waals surface area contributed by atoms with E-state index in [-0.39, 0.29) is 11.3 Å². The molecule has 0 aliphatic carbocycles. The molecule has 0 amide bonds. The molecule has 1 N–H and O–H groups in total. The van der Waals surface area contributed by atoms with Gasteiger partial charge in [0, 0.05) is 12.5 Å². The van der Waals surface area contributed by atoms with E-state index >= 15 is 0 Å². The molecule has 0 aliphatic rings. The molecule has 104 valence electrons. The van der Waals surface area contributed by atoms with Gasteiger partial charge >= 0.3 is 22.1 Å². The zero-order valence-corrected chi connectivity index (χ0v) is 11.0. The van der Waals surface area contributed by atoms with Gasteiger partial charge in [-0.3, -0.25) is 4.79 Å². The van der Waals surface area contributed by atoms with Crippen molar-refractivity contribution in [1.29, 1.82) is 0 Å². The highest BCUT2D eigenvalue weighted by molar-refractivity contribution is 7.86. The molecule has 0 heterocycles. The quantitative estimate of drug-likeness (QED) is 0.628. The van der Waals surface area contributed by atoms with Crippen LogP contribution in [0.25, 0.3) is 0 Å². The van der Waals surface area contributed by atoms with Crippen molar-refractivity contribution < 1.29 is 32.0 Å². The lowest BCUT2D eigenvalue weighted by molar-refractivity contribution is -0.163. The Kier molecular flexibility index (Phi) is 4.49. The van der Waals surface area contributed by atoms with Gasteiger partial charge in [0.1, 0.15) is 5.75 Å². The van der Waals surface area contributed by atoms with Crippen LogP contribution in [0.1, 0.15) is 18.6 Å². The summed E-state index contributed by atoms with van der Waals surface area (Å²) in [6.45, 7) is 1.09. The number of carbonyl (C=O) groups excluding carboxylic acids is 1. The van der Waals surface area contributed by atoms with Crippen molar-refractivity contribution >= 4 is 22.1 Å². The number of hydrogen-bond acceptors (Lipinski definition) is 6. The number of hydrogen-bond donors (Lipinski definition) is 1. The Morgan fingerprint density at radius 3 is 2.11 bits per heavy atom. The zero-order chi connectivity index (χ0) is 14.6. The van der Waals surface area contributed by atoms with Crippen LogP contribution in [0, 0.1) is 0 Å². The van der Waals surface area contributed by atoms with Crippen LogP contribution in [0.2, 0.25) is 0 Å². The van der Waals surface area contributed by atoms with Crippen molar-refractivity contribution in [2.45, 2.75) is 13.0 Å². The van der Waals surface area contributed by atoms with Crippen LogP contribution >= 0.6 is 0 Å². The largest absolute Gasteiger partial charge is 0.478 e. The second-order valence-electron chi connectivity index (χ2n) is 3.68. The van der Waals surface area contributed by atoms with Gasteiger partial charge in [0.2, 0.25) is 6.10 Å². The first-order valence-corrected chi connectivity index (χ1v) is 6.90. The number of carboxylic acids is 1. The fourth-order valence-electron chi connectivity index (χ4n) is 1.30. The molecular weight excluding hydrogens is 276 g/mol. The van der Waals surface area contributed by atoms with E-state index in [0.29, 0.717) is 0 Å². The number of benzene rings is 1. The number of ether oxygens (including phenoxy) is 1. The van der Waals surface area contributed by atoms with Crippen LogP contribution in [-0.4, -0.2) is 31.7 Å². The Morgan fingerprint density at radius 2 is 1.74 bits per heavy atom. The lowest BCUT2D eigenvalue weighted by Gasteiger charge is -2.13.